The van der Waals surface area contributed by atoms with E-state index in [0.29, 0.717) is 12.5 Å². The monoisotopic (exact) mass is 540 g/mol. The highest BCUT2D eigenvalue weighted by Crippen LogP contribution is 2.34. The first kappa shape index (κ1) is 23.9. The number of guanidine groups is 1. The molecule has 2 aliphatic heterocycles. The van der Waals surface area contributed by atoms with Crippen molar-refractivity contribution < 1.29 is 9.47 Å². The Labute approximate surface area is 201 Å². The van der Waals surface area contributed by atoms with Crippen LogP contribution in [0.2, 0.25) is 0 Å². The number of nitrogens with one attached hydrogen (secondary N) is 2. The highest BCUT2D eigenvalue weighted by atomic mass is 127. The summed E-state index contributed by atoms with van der Waals surface area (Å²) in [5.41, 5.74) is 1.24. The molecule has 2 aromatic rings. The van der Waals surface area contributed by atoms with E-state index < -0.39 is 0 Å². The summed E-state index contributed by atoms with van der Waals surface area (Å²) >= 11 is 0. The van der Waals surface area contributed by atoms with E-state index in [0.717, 1.165) is 63.1 Å². The van der Waals surface area contributed by atoms with Crippen molar-refractivity contribution in [1.29, 1.82) is 0 Å². The van der Waals surface area contributed by atoms with Gasteiger partial charge >= 0.3 is 0 Å². The molecule has 170 valence electrons. The predicted molar refractivity (Wildman–Crippen MR) is 131 cm³/mol. The van der Waals surface area contributed by atoms with Gasteiger partial charge in [0.15, 0.2) is 11.8 Å². The van der Waals surface area contributed by atoms with Gasteiger partial charge in [0.2, 0.25) is 0 Å². The van der Waals surface area contributed by atoms with Crippen molar-refractivity contribution >= 4 is 29.9 Å². The number of benzene rings is 1. The van der Waals surface area contributed by atoms with Gasteiger partial charge in [-0.3, -0.25) is 4.99 Å². The fourth-order valence-corrected chi connectivity index (χ4v) is 4.22. The van der Waals surface area contributed by atoms with Crippen LogP contribution in [0, 0.1) is 5.92 Å². The average molecular weight is 540 g/mol. The Balaban J connectivity index is 0.00000272. The minimum Gasteiger partial charge on any atom is -0.377 e. The number of aromatic nitrogens is 3. The topological polar surface area (TPSA) is 85.6 Å². The smallest absolute Gasteiger partial charge is 0.191 e. The van der Waals surface area contributed by atoms with Crippen molar-refractivity contribution in [2.45, 2.75) is 51.5 Å². The lowest BCUT2D eigenvalue weighted by atomic mass is 9.95. The zero-order chi connectivity index (χ0) is 20.8. The molecule has 0 spiro atoms. The van der Waals surface area contributed by atoms with Crippen LogP contribution >= 0.6 is 24.0 Å². The van der Waals surface area contributed by atoms with Gasteiger partial charge in [0, 0.05) is 45.2 Å². The summed E-state index contributed by atoms with van der Waals surface area (Å²) in [5.74, 6) is 3.05. The molecule has 3 atom stereocenters. The van der Waals surface area contributed by atoms with Gasteiger partial charge in [-0.05, 0) is 25.3 Å². The maximum Gasteiger partial charge on any atom is 0.191 e. The van der Waals surface area contributed by atoms with Crippen LogP contribution < -0.4 is 10.6 Å². The Morgan fingerprint density at radius 2 is 2.13 bits per heavy atom. The van der Waals surface area contributed by atoms with E-state index in [1.165, 1.54) is 5.56 Å². The van der Waals surface area contributed by atoms with Crippen LogP contribution in [0.15, 0.2) is 35.3 Å². The molecule has 1 fully saturated rings. The molecule has 0 saturated carbocycles. The van der Waals surface area contributed by atoms with Gasteiger partial charge in [-0.2, -0.15) is 5.10 Å². The molecule has 1 aromatic heterocycles. The Bertz CT molecular complexity index is 844. The lowest BCUT2D eigenvalue weighted by Gasteiger charge is -2.26. The van der Waals surface area contributed by atoms with E-state index in [1.807, 2.05) is 10.7 Å². The molecule has 31 heavy (non-hydrogen) atoms. The van der Waals surface area contributed by atoms with E-state index in [1.54, 1.807) is 7.11 Å². The second-order valence-electron chi connectivity index (χ2n) is 7.91. The summed E-state index contributed by atoms with van der Waals surface area (Å²) in [6.07, 6.45) is 3.08. The number of fused-ring (bicyclic) bond motifs is 1. The number of hydrogen-bond acceptors (Lipinski definition) is 5. The Morgan fingerprint density at radius 3 is 2.90 bits per heavy atom. The third-order valence-corrected chi connectivity index (χ3v) is 5.69. The second kappa shape index (κ2) is 11.8. The fourth-order valence-electron chi connectivity index (χ4n) is 4.22. The van der Waals surface area contributed by atoms with E-state index >= 15 is 0 Å². The molecule has 0 radical (unpaired) electrons. The lowest BCUT2D eigenvalue weighted by Crippen LogP contribution is -2.47. The van der Waals surface area contributed by atoms with Crippen LogP contribution in [0.5, 0.6) is 0 Å². The number of hydrogen-bond donors (Lipinski definition) is 2. The van der Waals surface area contributed by atoms with Gasteiger partial charge in [-0.15, -0.1) is 24.0 Å². The van der Waals surface area contributed by atoms with Gasteiger partial charge in [0.05, 0.1) is 12.6 Å². The molecule has 3 unspecified atom stereocenters. The van der Waals surface area contributed by atoms with Crippen LogP contribution in [-0.4, -0.2) is 53.6 Å². The number of rotatable bonds is 7. The lowest BCUT2D eigenvalue weighted by molar-refractivity contribution is 0.0925. The van der Waals surface area contributed by atoms with Gasteiger partial charge in [-0.1, -0.05) is 30.3 Å². The molecule has 9 heteroatoms. The molecular formula is C22H33IN6O2. The van der Waals surface area contributed by atoms with Crippen LogP contribution in [0.1, 0.15) is 43.1 Å². The maximum absolute atomic E-state index is 6.02. The normalized spacial score (nSPS) is 23.2. The highest BCUT2D eigenvalue weighted by molar-refractivity contribution is 14.0. The van der Waals surface area contributed by atoms with E-state index in [-0.39, 0.29) is 36.1 Å². The van der Waals surface area contributed by atoms with E-state index in [2.05, 4.69) is 51.9 Å². The second-order valence-corrected chi connectivity index (χ2v) is 7.91. The first-order chi connectivity index (χ1) is 14.8. The van der Waals surface area contributed by atoms with Crippen molar-refractivity contribution in [3.8, 4) is 0 Å². The Morgan fingerprint density at radius 1 is 1.29 bits per heavy atom. The van der Waals surface area contributed by atoms with Gasteiger partial charge in [0.1, 0.15) is 12.4 Å². The van der Waals surface area contributed by atoms with Crippen molar-refractivity contribution in [1.82, 2.24) is 25.4 Å². The number of aliphatic imine (C=N–C) groups is 1. The number of halogens is 1. The van der Waals surface area contributed by atoms with Gasteiger partial charge in [-0.25, -0.2) is 9.67 Å². The number of methoxy groups -OCH3 is 1. The van der Waals surface area contributed by atoms with Crippen molar-refractivity contribution in [2.75, 3.05) is 26.8 Å². The molecule has 8 nitrogen and oxygen atoms in total. The highest BCUT2D eigenvalue weighted by Gasteiger charge is 2.29. The zero-order valence-corrected chi connectivity index (χ0v) is 20.6. The van der Waals surface area contributed by atoms with Gasteiger partial charge in [0.25, 0.3) is 0 Å². The fraction of sp³-hybridized carbons (Fsp3) is 0.591. The molecule has 0 bridgehead atoms. The van der Waals surface area contributed by atoms with Crippen LogP contribution in [0.25, 0.3) is 0 Å². The van der Waals surface area contributed by atoms with Crippen LogP contribution in [-0.2, 0) is 29.0 Å². The minimum atomic E-state index is 0. The minimum absolute atomic E-state index is 0. The predicted octanol–water partition coefficient (Wildman–Crippen LogP) is 2.69. The van der Waals surface area contributed by atoms with Crippen molar-refractivity contribution in [3.05, 3.63) is 47.5 Å². The largest absolute Gasteiger partial charge is 0.377 e. The summed E-state index contributed by atoms with van der Waals surface area (Å²) in [7, 11) is 1.67. The molecular weight excluding hydrogens is 507 g/mol. The maximum atomic E-state index is 6.02. The summed E-state index contributed by atoms with van der Waals surface area (Å²) in [6.45, 7) is 5.70. The number of nitrogens with zero attached hydrogens (tertiary/aromatic N) is 4. The number of ether oxygens (including phenoxy) is 2. The molecule has 3 heterocycles. The SMILES string of the molecule is CCNC(=NCC1CCOC1c1ccccc1)NC1CCc2nc(COC)nn2C1.I. The number of aryl methyl sites for hydroxylation is 1. The average Bonchev–Trinajstić information content (AvgIpc) is 3.39. The van der Waals surface area contributed by atoms with E-state index in [4.69, 9.17) is 14.5 Å². The molecule has 0 amide bonds. The molecule has 1 saturated heterocycles. The summed E-state index contributed by atoms with van der Waals surface area (Å²) in [5, 5.41) is 11.5. The molecule has 2 aliphatic rings. The van der Waals surface area contributed by atoms with Gasteiger partial charge < -0.3 is 20.1 Å². The zero-order valence-electron chi connectivity index (χ0n) is 18.3. The summed E-state index contributed by atoms with van der Waals surface area (Å²) in [4.78, 5) is 9.46. The van der Waals surface area contributed by atoms with Crippen molar-refractivity contribution in [3.63, 3.8) is 0 Å². The van der Waals surface area contributed by atoms with Crippen molar-refractivity contribution in [2.24, 2.45) is 10.9 Å². The molecule has 1 aromatic carbocycles. The Hall–Kier alpha value is -1.72. The third kappa shape index (κ3) is 6.17. The van der Waals surface area contributed by atoms with E-state index in [9.17, 15) is 0 Å². The standard InChI is InChI=1S/C22H32N6O2.HI/c1-3-23-22(24-13-17-11-12-30-21(17)16-7-5-4-6-8-16)25-18-9-10-20-26-19(15-29-2)27-28(20)14-18;/h4-8,17-18,21H,3,9-15H2,1-2H3,(H2,23,24,25);1H. The Kier molecular flexibility index (Phi) is 9.09. The summed E-state index contributed by atoms with van der Waals surface area (Å²) < 4.78 is 13.2. The quantitative estimate of drug-likeness (QED) is 0.319. The first-order valence-electron chi connectivity index (χ1n) is 10.9. The molecule has 2 N–H and O–H groups in total. The first-order valence-corrected chi connectivity index (χ1v) is 10.9. The van der Waals surface area contributed by atoms with Crippen LogP contribution in [0.3, 0.4) is 0 Å². The third-order valence-electron chi connectivity index (χ3n) is 5.69. The van der Waals surface area contributed by atoms with Crippen LogP contribution in [0.4, 0.5) is 0 Å². The molecule has 4 rings (SSSR count). The summed E-state index contributed by atoms with van der Waals surface area (Å²) in [6, 6.07) is 10.8. The molecule has 0 aliphatic carbocycles.